The van der Waals surface area contributed by atoms with Crippen LogP contribution in [0.3, 0.4) is 0 Å². The Kier molecular flexibility index (Phi) is 8.88. The van der Waals surface area contributed by atoms with Gasteiger partial charge in [0.1, 0.15) is 0 Å². The standard InChI is InChI=1S/C4H9.Sn.2H/c1-4(2)3;;;/h1-3H3;;;. The summed E-state index contributed by atoms with van der Waals surface area (Å²) in [6.45, 7) is 6.25. The Bertz CT molecular complexity index is 8.36. The number of hydrogen-bond donors (Lipinski definition) is 0. The fourth-order valence-electron chi connectivity index (χ4n) is 0. The molecule has 0 aliphatic carbocycles. The second kappa shape index (κ2) is 4.80. The normalized spacial score (nSPS) is 7.20. The van der Waals surface area contributed by atoms with Gasteiger partial charge in [0.15, 0.2) is 0 Å². The van der Waals surface area contributed by atoms with Crippen LogP contribution in [0.1, 0.15) is 20.8 Å². The van der Waals surface area contributed by atoms with Gasteiger partial charge in [0, 0.05) is 0 Å². The van der Waals surface area contributed by atoms with E-state index >= 15 is 0 Å². The Labute approximate surface area is 50.9 Å². The molecule has 5 heavy (non-hydrogen) atoms. The molecule has 0 aromatic rings. The summed E-state index contributed by atoms with van der Waals surface area (Å²) in [5.41, 5.74) is 0. The summed E-state index contributed by atoms with van der Waals surface area (Å²) in [4.78, 5) is 0. The third kappa shape index (κ3) is 58.9. The average Bonchev–Trinajstić information content (AvgIpc) is 0.811. The van der Waals surface area contributed by atoms with Gasteiger partial charge in [-0.2, -0.15) is 0 Å². The van der Waals surface area contributed by atoms with Crippen molar-refractivity contribution in [2.45, 2.75) is 20.8 Å². The first-order valence-corrected chi connectivity index (χ1v) is 1.50. The third-order valence-corrected chi connectivity index (χ3v) is 0. The Hall–Kier alpha value is 0.799. The van der Waals surface area contributed by atoms with Gasteiger partial charge >= 0.3 is 23.9 Å². The van der Waals surface area contributed by atoms with Gasteiger partial charge in [-0.25, -0.2) is 0 Å². The first-order chi connectivity index (χ1) is 1.73. The molecule has 0 nitrogen and oxygen atoms in total. The summed E-state index contributed by atoms with van der Waals surface area (Å²) < 4.78 is 0. The molecule has 0 aromatic heterocycles. The SMILES string of the molecule is C[C](C)C.[SnH2]. The molecule has 0 amide bonds. The summed E-state index contributed by atoms with van der Waals surface area (Å²) >= 11 is 0. The van der Waals surface area contributed by atoms with Crippen molar-refractivity contribution in [3.05, 3.63) is 5.92 Å². The van der Waals surface area contributed by atoms with Crippen LogP contribution in [0.4, 0.5) is 0 Å². The molecule has 0 saturated carbocycles. The molecule has 0 aliphatic rings. The van der Waals surface area contributed by atoms with Gasteiger partial charge in [0.2, 0.25) is 0 Å². The van der Waals surface area contributed by atoms with Crippen molar-refractivity contribution in [3.8, 4) is 0 Å². The zero-order valence-electron chi connectivity index (χ0n) is 4.21. The topological polar surface area (TPSA) is 0 Å². The second-order valence-corrected chi connectivity index (χ2v) is 1.50. The van der Waals surface area contributed by atoms with Crippen LogP contribution < -0.4 is 0 Å². The Balaban J connectivity index is 0. The Morgan fingerprint density at radius 2 is 1.00 bits per heavy atom. The van der Waals surface area contributed by atoms with E-state index in [1.54, 1.807) is 0 Å². The van der Waals surface area contributed by atoms with Crippen LogP contribution in [0.25, 0.3) is 0 Å². The van der Waals surface area contributed by atoms with Crippen LogP contribution >= 0.6 is 0 Å². The zero-order valence-corrected chi connectivity index (χ0v) is 8.24. The van der Waals surface area contributed by atoms with Crippen molar-refractivity contribution in [2.24, 2.45) is 0 Å². The molecule has 0 unspecified atom stereocenters. The van der Waals surface area contributed by atoms with E-state index in [0.717, 1.165) is 0 Å². The van der Waals surface area contributed by atoms with E-state index in [1.807, 2.05) is 0 Å². The minimum absolute atomic E-state index is 0. The van der Waals surface area contributed by atoms with Gasteiger partial charge in [-0.1, -0.05) is 20.8 Å². The molecule has 0 aliphatic heterocycles. The molecule has 1 heteroatoms. The van der Waals surface area contributed by atoms with Gasteiger partial charge in [-0.3, -0.25) is 0 Å². The predicted octanol–water partition coefficient (Wildman–Crippen LogP) is 0.704. The van der Waals surface area contributed by atoms with Gasteiger partial charge < -0.3 is 0 Å². The van der Waals surface area contributed by atoms with Crippen LogP contribution in [0.15, 0.2) is 0 Å². The van der Waals surface area contributed by atoms with Crippen molar-refractivity contribution in [3.63, 3.8) is 0 Å². The van der Waals surface area contributed by atoms with E-state index in [-0.39, 0.29) is 23.9 Å². The summed E-state index contributed by atoms with van der Waals surface area (Å²) in [7, 11) is 0. The summed E-state index contributed by atoms with van der Waals surface area (Å²) in [5, 5.41) is 0. The van der Waals surface area contributed by atoms with Crippen LogP contribution in [0.2, 0.25) is 0 Å². The number of hydrogen-bond acceptors (Lipinski definition) is 0. The fourth-order valence-corrected chi connectivity index (χ4v) is 0. The Morgan fingerprint density at radius 1 is 1.00 bits per heavy atom. The van der Waals surface area contributed by atoms with Crippen LogP contribution in [0, 0.1) is 5.92 Å². The summed E-state index contributed by atoms with van der Waals surface area (Å²) in [6.07, 6.45) is 0. The van der Waals surface area contributed by atoms with Crippen molar-refractivity contribution in [1.82, 2.24) is 0 Å². The summed E-state index contributed by atoms with van der Waals surface area (Å²) in [6, 6.07) is 0. The van der Waals surface area contributed by atoms with Crippen molar-refractivity contribution < 1.29 is 0 Å². The second-order valence-electron chi connectivity index (χ2n) is 1.50. The maximum atomic E-state index is 2.08. The van der Waals surface area contributed by atoms with E-state index in [4.69, 9.17) is 0 Å². The molecule has 0 atom stereocenters. The van der Waals surface area contributed by atoms with Crippen molar-refractivity contribution >= 4 is 23.9 Å². The van der Waals surface area contributed by atoms with E-state index in [0.29, 0.717) is 0 Å². The summed E-state index contributed by atoms with van der Waals surface area (Å²) in [5.74, 6) is 1.42. The first kappa shape index (κ1) is 9.25. The molecular formula is C4H11Sn. The van der Waals surface area contributed by atoms with Gasteiger partial charge in [0.25, 0.3) is 0 Å². The molecule has 31 valence electrons. The molecular weight excluding hydrogens is 167 g/mol. The maximum absolute atomic E-state index is 2.08. The molecule has 0 saturated heterocycles. The molecule has 0 bridgehead atoms. The fraction of sp³-hybridized carbons (Fsp3) is 0.750. The van der Waals surface area contributed by atoms with E-state index in [9.17, 15) is 0 Å². The predicted molar refractivity (Wildman–Crippen MR) is 28.8 cm³/mol. The van der Waals surface area contributed by atoms with Crippen molar-refractivity contribution in [2.75, 3.05) is 0 Å². The molecule has 0 fully saturated rings. The average molecular weight is 178 g/mol. The van der Waals surface area contributed by atoms with Crippen LogP contribution in [-0.4, -0.2) is 23.9 Å². The third-order valence-electron chi connectivity index (χ3n) is 0. The molecule has 0 aromatic carbocycles. The van der Waals surface area contributed by atoms with Gasteiger partial charge in [-0.15, -0.1) is 0 Å². The minimum atomic E-state index is 0. The molecule has 0 N–H and O–H groups in total. The quantitative estimate of drug-likeness (QED) is 0.479. The van der Waals surface area contributed by atoms with Gasteiger partial charge in [-0.05, 0) is 5.92 Å². The monoisotopic (exact) mass is 179 g/mol. The zero-order chi connectivity index (χ0) is 3.58. The van der Waals surface area contributed by atoms with Gasteiger partial charge in [0.05, 0.1) is 0 Å². The van der Waals surface area contributed by atoms with E-state index in [2.05, 4.69) is 20.8 Å². The Morgan fingerprint density at radius 3 is 1.00 bits per heavy atom. The van der Waals surface area contributed by atoms with Crippen LogP contribution in [0.5, 0.6) is 0 Å². The molecule has 3 radical (unpaired) electrons. The molecule has 0 rings (SSSR count). The molecule has 0 heterocycles. The van der Waals surface area contributed by atoms with E-state index in [1.165, 1.54) is 5.92 Å². The molecule has 0 spiro atoms. The van der Waals surface area contributed by atoms with Crippen molar-refractivity contribution in [1.29, 1.82) is 0 Å². The van der Waals surface area contributed by atoms with Crippen LogP contribution in [-0.2, 0) is 0 Å². The first-order valence-electron chi connectivity index (χ1n) is 1.50. The number of rotatable bonds is 0. The van der Waals surface area contributed by atoms with E-state index < -0.39 is 0 Å².